The van der Waals surface area contributed by atoms with Crippen LogP contribution in [0.25, 0.3) is 11.1 Å². The summed E-state index contributed by atoms with van der Waals surface area (Å²) in [4.78, 5) is 0. The Balaban J connectivity index is 2.14. The fraction of sp³-hybridized carbons (Fsp3) is 0.647. The molecular weight excluding hydrogens is 408 g/mol. The van der Waals surface area contributed by atoms with Crippen LogP contribution in [0, 0.1) is 0 Å². The molecule has 1 aliphatic rings. The molecule has 0 amide bonds. The topological polar surface area (TPSA) is 0 Å². The normalized spacial score (nSPS) is 14.8. The first kappa shape index (κ1) is 27.0. The molecule has 0 spiro atoms. The van der Waals surface area contributed by atoms with Gasteiger partial charge in [-0.15, -0.1) is 0 Å². The predicted molar refractivity (Wildman–Crippen MR) is 152 cm³/mol. The van der Waals surface area contributed by atoms with Gasteiger partial charge in [0, 0.05) is 5.41 Å². The number of unbranched alkanes of at least 4 members (excludes halogenated alkanes) is 7. The van der Waals surface area contributed by atoms with E-state index in [1.165, 1.54) is 92.9 Å². The van der Waals surface area contributed by atoms with Crippen LogP contribution in [0.3, 0.4) is 0 Å². The maximum absolute atomic E-state index is 2.61. The molecule has 0 bridgehead atoms. The molecule has 0 fully saturated rings. The third-order valence-corrected chi connectivity index (χ3v) is 8.26. The smallest absolute Gasteiger partial charge is 0.0215 e. The molecule has 188 valence electrons. The molecule has 0 aromatic heterocycles. The van der Waals surface area contributed by atoms with Gasteiger partial charge >= 0.3 is 0 Å². The van der Waals surface area contributed by atoms with Crippen LogP contribution in [0.2, 0.25) is 0 Å². The molecule has 0 heterocycles. The van der Waals surface area contributed by atoms with E-state index in [4.69, 9.17) is 0 Å². The monoisotopic (exact) mass is 460 g/mol. The molecule has 0 saturated heterocycles. The van der Waals surface area contributed by atoms with Crippen LogP contribution in [0.1, 0.15) is 148 Å². The number of hydrogen-bond acceptors (Lipinski definition) is 0. The fourth-order valence-corrected chi connectivity index (χ4v) is 5.98. The molecule has 2 aromatic rings. The molecule has 0 aliphatic heterocycles. The van der Waals surface area contributed by atoms with E-state index in [1.807, 2.05) is 0 Å². The van der Waals surface area contributed by atoms with Gasteiger partial charge in [0.15, 0.2) is 0 Å². The summed E-state index contributed by atoms with van der Waals surface area (Å²) in [7, 11) is 0. The lowest BCUT2D eigenvalue weighted by Crippen LogP contribution is -2.27. The molecule has 0 unspecified atom stereocenters. The lowest BCUT2D eigenvalue weighted by molar-refractivity contribution is 0.398. The summed E-state index contributed by atoms with van der Waals surface area (Å²) >= 11 is 0. The highest BCUT2D eigenvalue weighted by Crippen LogP contribution is 2.55. The standard InChI is InChI=1S/C34H52/c1-9-11-13-15-17-23-34(22-16-14-12-10-2)30-24-26(32(3,4)5)18-20-28(30)29-21-19-27(25-31(29)34)33(6,7)8/h18-21,24-25H,9-17,22-23H2,1-8H3. The second-order valence-electron chi connectivity index (χ2n) is 13.1. The molecule has 3 rings (SSSR count). The average molecular weight is 461 g/mol. The molecular formula is C34H52. The van der Waals surface area contributed by atoms with Crippen molar-refractivity contribution in [2.24, 2.45) is 0 Å². The van der Waals surface area contributed by atoms with Crippen LogP contribution in [-0.2, 0) is 16.2 Å². The van der Waals surface area contributed by atoms with Crippen LogP contribution in [0.4, 0.5) is 0 Å². The summed E-state index contributed by atoms with van der Waals surface area (Å²) < 4.78 is 0. The highest BCUT2D eigenvalue weighted by Gasteiger charge is 2.43. The van der Waals surface area contributed by atoms with Gasteiger partial charge in [-0.1, -0.05) is 150 Å². The van der Waals surface area contributed by atoms with Gasteiger partial charge < -0.3 is 0 Å². The summed E-state index contributed by atoms with van der Waals surface area (Å²) in [6.07, 6.45) is 14.7. The lowest BCUT2D eigenvalue weighted by atomic mass is 9.69. The van der Waals surface area contributed by atoms with Gasteiger partial charge in [-0.05, 0) is 57.1 Å². The van der Waals surface area contributed by atoms with Gasteiger partial charge in [0.2, 0.25) is 0 Å². The first-order chi connectivity index (χ1) is 16.0. The zero-order valence-electron chi connectivity index (χ0n) is 23.7. The molecule has 0 radical (unpaired) electrons. The average Bonchev–Trinajstić information content (AvgIpc) is 3.04. The van der Waals surface area contributed by atoms with E-state index in [9.17, 15) is 0 Å². The van der Waals surface area contributed by atoms with E-state index in [1.54, 1.807) is 11.1 Å². The Kier molecular flexibility index (Phi) is 8.75. The van der Waals surface area contributed by atoms with Crippen molar-refractivity contribution in [3.05, 3.63) is 58.7 Å². The van der Waals surface area contributed by atoms with Crippen molar-refractivity contribution in [1.82, 2.24) is 0 Å². The van der Waals surface area contributed by atoms with Crippen molar-refractivity contribution < 1.29 is 0 Å². The van der Waals surface area contributed by atoms with E-state index >= 15 is 0 Å². The minimum Gasteiger partial charge on any atom is -0.0654 e. The molecule has 0 saturated carbocycles. The largest absolute Gasteiger partial charge is 0.0654 e. The molecule has 34 heavy (non-hydrogen) atoms. The Labute approximate surface area is 212 Å². The van der Waals surface area contributed by atoms with Crippen LogP contribution in [0.5, 0.6) is 0 Å². The fourth-order valence-electron chi connectivity index (χ4n) is 5.98. The molecule has 0 N–H and O–H groups in total. The van der Waals surface area contributed by atoms with Gasteiger partial charge in [0.25, 0.3) is 0 Å². The maximum atomic E-state index is 2.61. The Bertz CT molecular complexity index is 868. The van der Waals surface area contributed by atoms with E-state index in [2.05, 4.69) is 91.8 Å². The van der Waals surface area contributed by atoms with Gasteiger partial charge in [-0.25, -0.2) is 0 Å². The van der Waals surface area contributed by atoms with E-state index < -0.39 is 0 Å². The summed E-state index contributed by atoms with van der Waals surface area (Å²) in [5, 5.41) is 0. The summed E-state index contributed by atoms with van der Waals surface area (Å²) in [6.45, 7) is 18.8. The number of benzene rings is 2. The lowest BCUT2D eigenvalue weighted by Gasteiger charge is -2.35. The SMILES string of the molecule is CCCCCCCC1(CCCCCC)c2cc(C(C)(C)C)ccc2-c2ccc(C(C)(C)C)cc21. The van der Waals surface area contributed by atoms with Gasteiger partial charge in [-0.2, -0.15) is 0 Å². The van der Waals surface area contributed by atoms with Crippen molar-refractivity contribution in [2.75, 3.05) is 0 Å². The Morgan fingerprint density at radius 1 is 0.529 bits per heavy atom. The highest BCUT2D eigenvalue weighted by atomic mass is 14.5. The first-order valence-electron chi connectivity index (χ1n) is 14.3. The number of fused-ring (bicyclic) bond motifs is 3. The predicted octanol–water partition coefficient (Wildman–Crippen LogP) is 10.9. The van der Waals surface area contributed by atoms with Gasteiger partial charge in [0.1, 0.15) is 0 Å². The Morgan fingerprint density at radius 3 is 1.29 bits per heavy atom. The number of hydrogen-bond donors (Lipinski definition) is 0. The van der Waals surface area contributed by atoms with Gasteiger partial charge in [0.05, 0.1) is 0 Å². The Morgan fingerprint density at radius 2 is 0.912 bits per heavy atom. The van der Waals surface area contributed by atoms with Crippen molar-refractivity contribution in [3.8, 4) is 11.1 Å². The van der Waals surface area contributed by atoms with Crippen molar-refractivity contribution in [2.45, 2.75) is 142 Å². The first-order valence-corrected chi connectivity index (χ1v) is 14.3. The zero-order valence-corrected chi connectivity index (χ0v) is 23.7. The van der Waals surface area contributed by atoms with E-state index in [0.717, 1.165) is 0 Å². The summed E-state index contributed by atoms with van der Waals surface area (Å²) in [5.74, 6) is 0. The van der Waals surface area contributed by atoms with E-state index in [-0.39, 0.29) is 16.2 Å². The molecule has 2 aromatic carbocycles. The van der Waals surface area contributed by atoms with Crippen molar-refractivity contribution in [3.63, 3.8) is 0 Å². The second kappa shape index (κ2) is 11.0. The molecule has 0 atom stereocenters. The number of rotatable bonds is 11. The molecule has 0 heteroatoms. The van der Waals surface area contributed by atoms with Crippen molar-refractivity contribution >= 4 is 0 Å². The minimum atomic E-state index is 0.174. The Hall–Kier alpha value is -1.56. The third-order valence-electron chi connectivity index (χ3n) is 8.26. The molecule has 1 aliphatic carbocycles. The van der Waals surface area contributed by atoms with Crippen LogP contribution >= 0.6 is 0 Å². The van der Waals surface area contributed by atoms with Crippen molar-refractivity contribution in [1.29, 1.82) is 0 Å². The van der Waals surface area contributed by atoms with Crippen LogP contribution in [-0.4, -0.2) is 0 Å². The quantitative estimate of drug-likeness (QED) is 0.292. The zero-order chi connectivity index (χ0) is 25.0. The maximum Gasteiger partial charge on any atom is 0.0215 e. The molecule has 0 nitrogen and oxygen atoms in total. The van der Waals surface area contributed by atoms with Gasteiger partial charge in [-0.3, -0.25) is 0 Å². The highest BCUT2D eigenvalue weighted by molar-refractivity contribution is 5.82. The summed E-state index contributed by atoms with van der Waals surface area (Å²) in [5.41, 5.74) is 9.77. The van der Waals surface area contributed by atoms with E-state index in [0.29, 0.717) is 0 Å². The minimum absolute atomic E-state index is 0.174. The second-order valence-corrected chi connectivity index (χ2v) is 13.1. The van der Waals surface area contributed by atoms with Crippen LogP contribution < -0.4 is 0 Å². The third kappa shape index (κ3) is 5.80. The van der Waals surface area contributed by atoms with Crippen LogP contribution in [0.15, 0.2) is 36.4 Å². The summed E-state index contributed by atoms with van der Waals surface area (Å²) in [6, 6.07) is 14.9.